The van der Waals surface area contributed by atoms with Crippen LogP contribution in [0.15, 0.2) is 99.4 Å². The Morgan fingerprint density at radius 1 is 1.00 bits per heavy atom. The number of nitrogens with zero attached hydrogens (tertiary/aromatic N) is 1. The number of benzene rings is 4. The van der Waals surface area contributed by atoms with Gasteiger partial charge in [-0.05, 0) is 58.8 Å². The zero-order valence-electron chi connectivity index (χ0n) is 17.5. The number of halogens is 2. The molecule has 4 aromatic carbocycles. The van der Waals surface area contributed by atoms with E-state index in [4.69, 9.17) is 16.3 Å². The van der Waals surface area contributed by atoms with Crippen LogP contribution in [0.25, 0.3) is 10.8 Å². The van der Waals surface area contributed by atoms with E-state index in [-0.39, 0.29) is 11.7 Å². The van der Waals surface area contributed by atoms with E-state index in [1.807, 2.05) is 72.8 Å². The number of rotatable bonds is 8. The number of ether oxygens (including phenoxy) is 1. The summed E-state index contributed by atoms with van der Waals surface area (Å²) in [6.07, 6.45) is 1.64. The van der Waals surface area contributed by atoms with E-state index >= 15 is 0 Å². The zero-order valence-corrected chi connectivity index (χ0v) is 20.7. The molecule has 0 atom stereocenters. The van der Waals surface area contributed by atoms with Gasteiger partial charge in [-0.1, -0.05) is 70.0 Å². The zero-order chi connectivity index (χ0) is 23.0. The van der Waals surface area contributed by atoms with Gasteiger partial charge >= 0.3 is 0 Å². The SMILES string of the molecule is O=C(CSc1ccc(Cl)cc1)N/N=C\c1c(OCc2ccc(Br)cc2)ccc2ccccc12. The minimum Gasteiger partial charge on any atom is -0.488 e. The van der Waals surface area contributed by atoms with Gasteiger partial charge in [0.25, 0.3) is 0 Å². The lowest BCUT2D eigenvalue weighted by molar-refractivity contribution is -0.118. The third-order valence-electron chi connectivity index (χ3n) is 4.80. The molecule has 4 rings (SSSR count). The van der Waals surface area contributed by atoms with Crippen LogP contribution in [0.2, 0.25) is 5.02 Å². The van der Waals surface area contributed by atoms with Crippen molar-refractivity contribution in [2.24, 2.45) is 5.10 Å². The second kappa shape index (κ2) is 11.4. The molecule has 0 saturated heterocycles. The van der Waals surface area contributed by atoms with Gasteiger partial charge in [0.1, 0.15) is 12.4 Å². The van der Waals surface area contributed by atoms with Crippen molar-refractivity contribution in [3.63, 3.8) is 0 Å². The average molecular weight is 540 g/mol. The first-order valence-electron chi connectivity index (χ1n) is 10.2. The van der Waals surface area contributed by atoms with Crippen LogP contribution in [0.4, 0.5) is 0 Å². The lowest BCUT2D eigenvalue weighted by Gasteiger charge is -2.12. The minimum absolute atomic E-state index is 0.191. The van der Waals surface area contributed by atoms with Gasteiger partial charge in [-0.25, -0.2) is 5.43 Å². The smallest absolute Gasteiger partial charge is 0.250 e. The van der Waals surface area contributed by atoms with Gasteiger partial charge in [0.05, 0.1) is 12.0 Å². The summed E-state index contributed by atoms with van der Waals surface area (Å²) in [6.45, 7) is 0.427. The molecule has 0 bridgehead atoms. The molecule has 0 aliphatic carbocycles. The van der Waals surface area contributed by atoms with Crippen molar-refractivity contribution in [3.05, 3.63) is 106 Å². The molecule has 0 heterocycles. The molecule has 166 valence electrons. The summed E-state index contributed by atoms with van der Waals surface area (Å²) < 4.78 is 7.13. The van der Waals surface area contributed by atoms with E-state index < -0.39 is 0 Å². The number of fused-ring (bicyclic) bond motifs is 1. The lowest BCUT2D eigenvalue weighted by Crippen LogP contribution is -2.19. The number of hydrazone groups is 1. The Morgan fingerprint density at radius 3 is 2.55 bits per heavy atom. The van der Waals surface area contributed by atoms with Gasteiger partial charge in [-0.3, -0.25) is 4.79 Å². The summed E-state index contributed by atoms with van der Waals surface area (Å²) in [5, 5.41) is 6.94. The Labute approximate surface area is 210 Å². The third kappa shape index (κ3) is 6.60. The average Bonchev–Trinajstić information content (AvgIpc) is 2.84. The predicted octanol–water partition coefficient (Wildman–Crippen LogP) is 7.08. The van der Waals surface area contributed by atoms with Gasteiger partial charge in [-0.15, -0.1) is 11.8 Å². The normalized spacial score (nSPS) is 11.1. The van der Waals surface area contributed by atoms with Crippen molar-refractivity contribution in [2.45, 2.75) is 11.5 Å². The van der Waals surface area contributed by atoms with Crippen LogP contribution in [0.5, 0.6) is 5.75 Å². The van der Waals surface area contributed by atoms with Gasteiger partial charge in [0.2, 0.25) is 5.91 Å². The number of hydrogen-bond acceptors (Lipinski definition) is 4. The molecule has 0 unspecified atom stereocenters. The van der Waals surface area contributed by atoms with Gasteiger partial charge < -0.3 is 4.74 Å². The Hall–Kier alpha value is -2.80. The molecule has 1 amide bonds. The molecule has 0 aliphatic rings. The fourth-order valence-electron chi connectivity index (χ4n) is 3.16. The van der Waals surface area contributed by atoms with E-state index in [2.05, 4.69) is 26.5 Å². The molecule has 4 aromatic rings. The van der Waals surface area contributed by atoms with Crippen LogP contribution in [-0.4, -0.2) is 17.9 Å². The Bertz CT molecular complexity index is 1280. The molecule has 0 aromatic heterocycles. The maximum Gasteiger partial charge on any atom is 0.250 e. The number of nitrogens with one attached hydrogen (secondary N) is 1. The highest BCUT2D eigenvalue weighted by molar-refractivity contribution is 9.10. The van der Waals surface area contributed by atoms with Crippen LogP contribution < -0.4 is 10.2 Å². The van der Waals surface area contributed by atoms with Crippen molar-refractivity contribution in [2.75, 3.05) is 5.75 Å². The molecule has 1 N–H and O–H groups in total. The fourth-order valence-corrected chi connectivity index (χ4v) is 4.24. The number of thioether (sulfide) groups is 1. The van der Waals surface area contributed by atoms with Crippen LogP contribution >= 0.6 is 39.3 Å². The Kier molecular flexibility index (Phi) is 8.05. The number of amides is 1. The van der Waals surface area contributed by atoms with Crippen molar-refractivity contribution >= 4 is 62.2 Å². The van der Waals surface area contributed by atoms with E-state index in [9.17, 15) is 4.79 Å². The quantitative estimate of drug-likeness (QED) is 0.148. The topological polar surface area (TPSA) is 50.7 Å². The largest absolute Gasteiger partial charge is 0.488 e. The molecule has 0 fully saturated rings. The predicted molar refractivity (Wildman–Crippen MR) is 140 cm³/mol. The molecule has 0 spiro atoms. The summed E-state index contributed by atoms with van der Waals surface area (Å²) in [5.74, 6) is 0.760. The molecular weight excluding hydrogens is 520 g/mol. The van der Waals surface area contributed by atoms with Crippen molar-refractivity contribution in [1.82, 2.24) is 5.43 Å². The number of carbonyl (C=O) groups excluding carboxylic acids is 1. The first kappa shape index (κ1) is 23.4. The lowest BCUT2D eigenvalue weighted by atomic mass is 10.0. The molecule has 33 heavy (non-hydrogen) atoms. The van der Waals surface area contributed by atoms with Crippen LogP contribution in [-0.2, 0) is 11.4 Å². The fraction of sp³-hybridized carbons (Fsp3) is 0.0769. The van der Waals surface area contributed by atoms with E-state index in [1.54, 1.807) is 18.3 Å². The second-order valence-corrected chi connectivity index (χ2v) is 9.55. The van der Waals surface area contributed by atoms with Gasteiger partial charge in [0, 0.05) is 20.0 Å². The first-order valence-corrected chi connectivity index (χ1v) is 12.3. The summed E-state index contributed by atoms with van der Waals surface area (Å²) >= 11 is 10.8. The van der Waals surface area contributed by atoms with Gasteiger partial charge in [0.15, 0.2) is 0 Å². The molecule has 0 saturated carbocycles. The van der Waals surface area contributed by atoms with Crippen LogP contribution in [0, 0.1) is 0 Å². The van der Waals surface area contributed by atoms with Crippen molar-refractivity contribution in [1.29, 1.82) is 0 Å². The second-order valence-electron chi connectivity index (χ2n) is 7.15. The maximum atomic E-state index is 12.3. The monoisotopic (exact) mass is 538 g/mol. The third-order valence-corrected chi connectivity index (χ3v) is 6.60. The summed E-state index contributed by atoms with van der Waals surface area (Å²) in [6, 6.07) is 27.3. The highest BCUT2D eigenvalue weighted by Gasteiger charge is 2.08. The first-order chi connectivity index (χ1) is 16.1. The molecular formula is C26H20BrClN2O2S. The van der Waals surface area contributed by atoms with E-state index in [0.717, 1.165) is 31.3 Å². The summed E-state index contributed by atoms with van der Waals surface area (Å²) in [5.41, 5.74) is 4.48. The summed E-state index contributed by atoms with van der Waals surface area (Å²) in [7, 11) is 0. The minimum atomic E-state index is -0.191. The highest BCUT2D eigenvalue weighted by atomic mass is 79.9. The maximum absolute atomic E-state index is 12.3. The molecule has 0 aliphatic heterocycles. The van der Waals surface area contributed by atoms with Crippen LogP contribution in [0.1, 0.15) is 11.1 Å². The number of carbonyl (C=O) groups is 1. The van der Waals surface area contributed by atoms with Crippen molar-refractivity contribution < 1.29 is 9.53 Å². The van der Waals surface area contributed by atoms with Crippen LogP contribution in [0.3, 0.4) is 0 Å². The molecule has 4 nitrogen and oxygen atoms in total. The molecule has 0 radical (unpaired) electrons. The highest BCUT2D eigenvalue weighted by Crippen LogP contribution is 2.27. The van der Waals surface area contributed by atoms with E-state index in [1.165, 1.54) is 11.8 Å². The summed E-state index contributed by atoms with van der Waals surface area (Å²) in [4.78, 5) is 13.2. The number of hydrogen-bond donors (Lipinski definition) is 1. The van der Waals surface area contributed by atoms with Crippen molar-refractivity contribution in [3.8, 4) is 5.75 Å². The van der Waals surface area contributed by atoms with E-state index in [0.29, 0.717) is 17.4 Å². The standard InChI is InChI=1S/C26H20BrClN2O2S/c27-20-8-5-18(6-9-20)16-32-25-14-7-19-3-1-2-4-23(19)24(25)15-29-30-26(31)17-33-22-12-10-21(28)11-13-22/h1-15H,16-17H2,(H,30,31)/b29-15-. The Morgan fingerprint density at radius 2 is 1.76 bits per heavy atom. The molecule has 7 heteroatoms. The van der Waals surface area contributed by atoms with Gasteiger partial charge in [-0.2, -0.15) is 5.10 Å². The Balaban J connectivity index is 1.45.